The molecule has 0 saturated carbocycles. The van der Waals surface area contributed by atoms with Crippen LogP contribution in [0.2, 0.25) is 0 Å². The summed E-state index contributed by atoms with van der Waals surface area (Å²) in [5.41, 5.74) is 8.87. The van der Waals surface area contributed by atoms with E-state index in [2.05, 4.69) is 12.2 Å². The third-order valence-electron chi connectivity index (χ3n) is 3.85. The van der Waals surface area contributed by atoms with Gasteiger partial charge >= 0.3 is 0 Å². The van der Waals surface area contributed by atoms with Gasteiger partial charge in [0, 0.05) is 23.8 Å². The summed E-state index contributed by atoms with van der Waals surface area (Å²) in [6, 6.07) is 5.88. The number of hydrogen-bond acceptors (Lipinski definition) is 2. The lowest BCUT2D eigenvalue weighted by molar-refractivity contribution is -0.122. The molecule has 94 valence electrons. The summed E-state index contributed by atoms with van der Waals surface area (Å²) < 4.78 is 0. The minimum atomic E-state index is 0.147. The molecule has 0 saturated heterocycles. The summed E-state index contributed by atoms with van der Waals surface area (Å²) in [7, 11) is 0. The maximum atomic E-state index is 12.5. The van der Waals surface area contributed by atoms with E-state index in [4.69, 9.17) is 5.73 Å². The lowest BCUT2D eigenvalue weighted by Crippen LogP contribution is -2.39. The molecule has 1 aromatic carbocycles. The maximum Gasteiger partial charge on any atom is 0.230 e. The van der Waals surface area contributed by atoms with Gasteiger partial charge in [0.1, 0.15) is 0 Å². The molecule has 1 aliphatic heterocycles. The normalized spacial score (nSPS) is 19.0. The second-order valence-corrected chi connectivity index (χ2v) is 5.12. The number of benzene rings is 1. The SMILES string of the molecule is Nc1ccc2c(c1)CCCN2C(=O)C1CC=CC1. The van der Waals surface area contributed by atoms with Gasteiger partial charge in [-0.2, -0.15) is 0 Å². The van der Waals surface area contributed by atoms with E-state index in [1.54, 1.807) is 0 Å². The first-order chi connectivity index (χ1) is 8.75. The number of aryl methyl sites for hydroxylation is 1. The van der Waals surface area contributed by atoms with Gasteiger partial charge in [-0.3, -0.25) is 4.79 Å². The zero-order valence-electron chi connectivity index (χ0n) is 10.4. The quantitative estimate of drug-likeness (QED) is 0.607. The Morgan fingerprint density at radius 3 is 2.83 bits per heavy atom. The summed E-state index contributed by atoms with van der Waals surface area (Å²) in [6.45, 7) is 0.840. The Hall–Kier alpha value is -1.77. The summed E-state index contributed by atoms with van der Waals surface area (Å²) in [5, 5.41) is 0. The number of hydrogen-bond donors (Lipinski definition) is 1. The van der Waals surface area contributed by atoms with Crippen LogP contribution in [0.3, 0.4) is 0 Å². The van der Waals surface area contributed by atoms with Gasteiger partial charge < -0.3 is 10.6 Å². The van der Waals surface area contributed by atoms with Crippen molar-refractivity contribution >= 4 is 17.3 Å². The van der Waals surface area contributed by atoms with Crippen LogP contribution in [0.5, 0.6) is 0 Å². The molecule has 1 amide bonds. The second kappa shape index (κ2) is 4.48. The van der Waals surface area contributed by atoms with E-state index in [0.717, 1.165) is 43.6 Å². The van der Waals surface area contributed by atoms with Crippen LogP contribution in [0, 0.1) is 5.92 Å². The van der Waals surface area contributed by atoms with Gasteiger partial charge in [0.25, 0.3) is 0 Å². The van der Waals surface area contributed by atoms with Crippen LogP contribution < -0.4 is 10.6 Å². The van der Waals surface area contributed by atoms with Gasteiger partial charge in [0.15, 0.2) is 0 Å². The Kier molecular flexibility index (Phi) is 2.82. The third kappa shape index (κ3) is 1.90. The smallest absolute Gasteiger partial charge is 0.230 e. The average Bonchev–Trinajstić information content (AvgIpc) is 2.90. The molecule has 2 aliphatic rings. The van der Waals surface area contributed by atoms with Crippen LogP contribution >= 0.6 is 0 Å². The fraction of sp³-hybridized carbons (Fsp3) is 0.400. The van der Waals surface area contributed by atoms with E-state index < -0.39 is 0 Å². The van der Waals surface area contributed by atoms with Crippen molar-refractivity contribution in [2.45, 2.75) is 25.7 Å². The number of nitrogens with two attached hydrogens (primary N) is 1. The molecule has 3 heteroatoms. The molecule has 0 unspecified atom stereocenters. The van der Waals surface area contributed by atoms with Gasteiger partial charge in [-0.15, -0.1) is 0 Å². The fourth-order valence-corrected chi connectivity index (χ4v) is 2.89. The van der Waals surface area contributed by atoms with Crippen molar-refractivity contribution < 1.29 is 4.79 Å². The Bertz CT molecular complexity index is 499. The zero-order valence-corrected chi connectivity index (χ0v) is 10.4. The van der Waals surface area contributed by atoms with E-state index >= 15 is 0 Å². The molecule has 2 N–H and O–H groups in total. The summed E-state index contributed by atoms with van der Waals surface area (Å²) >= 11 is 0. The van der Waals surface area contributed by atoms with Crippen molar-refractivity contribution in [3.63, 3.8) is 0 Å². The molecule has 0 atom stereocenters. The largest absolute Gasteiger partial charge is 0.399 e. The molecule has 0 aromatic heterocycles. The molecule has 0 bridgehead atoms. The Morgan fingerprint density at radius 1 is 1.28 bits per heavy atom. The molecular formula is C15H18N2O. The van der Waals surface area contributed by atoms with Crippen molar-refractivity contribution in [1.82, 2.24) is 0 Å². The number of nitrogen functional groups attached to an aromatic ring is 1. The van der Waals surface area contributed by atoms with Crippen molar-refractivity contribution in [3.8, 4) is 0 Å². The van der Waals surface area contributed by atoms with Crippen LogP contribution in [-0.4, -0.2) is 12.5 Å². The third-order valence-corrected chi connectivity index (χ3v) is 3.85. The van der Waals surface area contributed by atoms with E-state index in [1.165, 1.54) is 5.56 Å². The maximum absolute atomic E-state index is 12.5. The monoisotopic (exact) mass is 242 g/mol. The first-order valence-electron chi connectivity index (χ1n) is 6.60. The van der Waals surface area contributed by atoms with Crippen molar-refractivity contribution in [2.75, 3.05) is 17.2 Å². The van der Waals surface area contributed by atoms with E-state index in [1.807, 2.05) is 23.1 Å². The first-order valence-corrected chi connectivity index (χ1v) is 6.60. The molecule has 1 aromatic rings. The average molecular weight is 242 g/mol. The molecule has 1 heterocycles. The molecular weight excluding hydrogens is 224 g/mol. The highest BCUT2D eigenvalue weighted by molar-refractivity contribution is 5.96. The highest BCUT2D eigenvalue weighted by Crippen LogP contribution is 2.31. The predicted molar refractivity (Wildman–Crippen MR) is 73.4 cm³/mol. The number of carbonyl (C=O) groups is 1. The Morgan fingerprint density at radius 2 is 2.06 bits per heavy atom. The van der Waals surface area contributed by atoms with Gasteiger partial charge in [0.2, 0.25) is 5.91 Å². The number of anilines is 2. The van der Waals surface area contributed by atoms with Crippen molar-refractivity contribution in [1.29, 1.82) is 0 Å². The molecule has 1 aliphatic carbocycles. The van der Waals surface area contributed by atoms with Crippen molar-refractivity contribution in [2.24, 2.45) is 5.92 Å². The van der Waals surface area contributed by atoms with Crippen LogP contribution in [0.1, 0.15) is 24.8 Å². The lowest BCUT2D eigenvalue weighted by atomic mass is 9.98. The lowest BCUT2D eigenvalue weighted by Gasteiger charge is -2.31. The summed E-state index contributed by atoms with van der Waals surface area (Å²) in [6.07, 6.45) is 8.04. The van der Waals surface area contributed by atoms with Gasteiger partial charge in [-0.1, -0.05) is 12.2 Å². The van der Waals surface area contributed by atoms with E-state index in [0.29, 0.717) is 0 Å². The minimum Gasteiger partial charge on any atom is -0.399 e. The van der Waals surface area contributed by atoms with Crippen LogP contribution in [0.25, 0.3) is 0 Å². The van der Waals surface area contributed by atoms with Gasteiger partial charge in [-0.25, -0.2) is 0 Å². The molecule has 3 rings (SSSR count). The van der Waals surface area contributed by atoms with Crippen molar-refractivity contribution in [3.05, 3.63) is 35.9 Å². The number of fused-ring (bicyclic) bond motifs is 1. The van der Waals surface area contributed by atoms with E-state index in [9.17, 15) is 4.79 Å². The molecule has 0 spiro atoms. The fourth-order valence-electron chi connectivity index (χ4n) is 2.89. The number of rotatable bonds is 1. The van der Waals surface area contributed by atoms with Crippen LogP contribution in [0.15, 0.2) is 30.4 Å². The van der Waals surface area contributed by atoms with E-state index in [-0.39, 0.29) is 11.8 Å². The van der Waals surface area contributed by atoms with Gasteiger partial charge in [0.05, 0.1) is 0 Å². The molecule has 0 radical (unpaired) electrons. The van der Waals surface area contributed by atoms with Gasteiger partial charge in [-0.05, 0) is 49.4 Å². The Labute approximate surface area is 107 Å². The summed E-state index contributed by atoms with van der Waals surface area (Å²) in [4.78, 5) is 14.5. The number of nitrogens with zero attached hydrogens (tertiary/aromatic N) is 1. The summed E-state index contributed by atoms with van der Waals surface area (Å²) in [5.74, 6) is 0.416. The first kappa shape index (κ1) is 11.3. The van der Waals surface area contributed by atoms with Crippen LogP contribution in [-0.2, 0) is 11.2 Å². The minimum absolute atomic E-state index is 0.147. The second-order valence-electron chi connectivity index (χ2n) is 5.12. The molecule has 0 fully saturated rings. The predicted octanol–water partition coefficient (Wildman–Crippen LogP) is 2.51. The number of carbonyl (C=O) groups excluding carboxylic acids is 1. The number of allylic oxidation sites excluding steroid dienone is 2. The standard InChI is InChI=1S/C15H18N2O/c16-13-7-8-14-12(10-13)6-3-9-17(14)15(18)11-4-1-2-5-11/h1-2,7-8,10-11H,3-6,9,16H2. The molecule has 18 heavy (non-hydrogen) atoms. The highest BCUT2D eigenvalue weighted by atomic mass is 16.2. The molecule has 3 nitrogen and oxygen atoms in total. The van der Waals surface area contributed by atoms with Crippen LogP contribution in [0.4, 0.5) is 11.4 Å². The number of amides is 1. The highest BCUT2D eigenvalue weighted by Gasteiger charge is 2.28. The zero-order chi connectivity index (χ0) is 12.5. The topological polar surface area (TPSA) is 46.3 Å². The Balaban J connectivity index is 1.88.